The van der Waals surface area contributed by atoms with E-state index in [2.05, 4.69) is 15.6 Å². The first-order valence-electron chi connectivity index (χ1n) is 7.07. The number of ether oxygens (including phenoxy) is 1. The van der Waals surface area contributed by atoms with Gasteiger partial charge in [0.15, 0.2) is 5.96 Å². The standard InChI is InChI=1S/C15H22F3N3O/c1-11(2)22-13-6-4-5-12(9-13)10-21-14(19-3)20-8-7-15(16,17)18/h4-6,9,11H,7-8,10H2,1-3H3,(H2,19,20,21). The average molecular weight is 317 g/mol. The first-order chi connectivity index (χ1) is 10.3. The van der Waals surface area contributed by atoms with E-state index in [4.69, 9.17) is 4.74 Å². The van der Waals surface area contributed by atoms with Crippen molar-refractivity contribution in [3.8, 4) is 5.75 Å². The molecule has 0 bridgehead atoms. The molecule has 1 rings (SSSR count). The number of halogens is 3. The van der Waals surface area contributed by atoms with Crippen LogP contribution in [0.15, 0.2) is 29.3 Å². The normalized spacial score (nSPS) is 12.4. The Bertz CT molecular complexity index is 487. The van der Waals surface area contributed by atoms with E-state index in [9.17, 15) is 13.2 Å². The number of nitrogens with zero attached hydrogens (tertiary/aromatic N) is 1. The molecule has 0 amide bonds. The lowest BCUT2D eigenvalue weighted by Gasteiger charge is -2.14. The molecule has 0 radical (unpaired) electrons. The fourth-order valence-corrected chi connectivity index (χ4v) is 1.73. The molecule has 0 unspecified atom stereocenters. The van der Waals surface area contributed by atoms with Gasteiger partial charge in [-0.15, -0.1) is 0 Å². The third-order valence-electron chi connectivity index (χ3n) is 2.65. The molecule has 0 aliphatic carbocycles. The summed E-state index contributed by atoms with van der Waals surface area (Å²) in [5.74, 6) is 1.09. The Hall–Kier alpha value is -1.92. The molecule has 124 valence electrons. The van der Waals surface area contributed by atoms with E-state index >= 15 is 0 Å². The van der Waals surface area contributed by atoms with Crippen LogP contribution in [0.2, 0.25) is 0 Å². The smallest absolute Gasteiger partial charge is 0.390 e. The van der Waals surface area contributed by atoms with Gasteiger partial charge in [-0.1, -0.05) is 12.1 Å². The molecule has 2 N–H and O–H groups in total. The van der Waals surface area contributed by atoms with Crippen LogP contribution in [0.1, 0.15) is 25.8 Å². The number of benzene rings is 1. The Morgan fingerprint density at radius 3 is 2.59 bits per heavy atom. The maximum Gasteiger partial charge on any atom is 0.390 e. The highest BCUT2D eigenvalue weighted by atomic mass is 19.4. The van der Waals surface area contributed by atoms with Crippen molar-refractivity contribution in [2.24, 2.45) is 4.99 Å². The predicted molar refractivity (Wildman–Crippen MR) is 81.1 cm³/mol. The number of hydrogen-bond donors (Lipinski definition) is 2. The van der Waals surface area contributed by atoms with Crippen LogP contribution in [0, 0.1) is 0 Å². The van der Waals surface area contributed by atoms with E-state index in [1.165, 1.54) is 7.05 Å². The van der Waals surface area contributed by atoms with Gasteiger partial charge < -0.3 is 15.4 Å². The van der Waals surface area contributed by atoms with Crippen molar-refractivity contribution in [1.29, 1.82) is 0 Å². The van der Waals surface area contributed by atoms with Crippen LogP contribution < -0.4 is 15.4 Å². The van der Waals surface area contributed by atoms with Crippen LogP contribution >= 0.6 is 0 Å². The molecule has 1 aromatic carbocycles. The summed E-state index contributed by atoms with van der Waals surface area (Å²) in [6, 6.07) is 7.52. The maximum atomic E-state index is 12.1. The zero-order valence-electron chi connectivity index (χ0n) is 13.0. The van der Waals surface area contributed by atoms with Gasteiger partial charge in [-0.3, -0.25) is 4.99 Å². The number of aliphatic imine (C=N–C) groups is 1. The number of guanidine groups is 1. The van der Waals surface area contributed by atoms with Crippen LogP contribution in [-0.2, 0) is 6.54 Å². The summed E-state index contributed by atoms with van der Waals surface area (Å²) in [5.41, 5.74) is 0.955. The van der Waals surface area contributed by atoms with Crippen LogP contribution in [0.25, 0.3) is 0 Å². The molecule has 0 spiro atoms. The molecule has 0 atom stereocenters. The summed E-state index contributed by atoms with van der Waals surface area (Å²) < 4.78 is 41.9. The quantitative estimate of drug-likeness (QED) is 0.626. The van der Waals surface area contributed by atoms with Gasteiger partial charge in [0.2, 0.25) is 0 Å². The predicted octanol–water partition coefficient (Wildman–Crippen LogP) is 3.09. The van der Waals surface area contributed by atoms with Gasteiger partial charge in [0.1, 0.15) is 5.75 Å². The van der Waals surface area contributed by atoms with E-state index in [0.29, 0.717) is 12.5 Å². The topological polar surface area (TPSA) is 45.7 Å². The van der Waals surface area contributed by atoms with Gasteiger partial charge in [-0.25, -0.2) is 0 Å². The average Bonchev–Trinajstić information content (AvgIpc) is 2.41. The van der Waals surface area contributed by atoms with Gasteiger partial charge in [0.05, 0.1) is 12.5 Å². The third-order valence-corrected chi connectivity index (χ3v) is 2.65. The van der Waals surface area contributed by atoms with Crippen molar-refractivity contribution in [1.82, 2.24) is 10.6 Å². The van der Waals surface area contributed by atoms with Crippen LogP contribution in [0.4, 0.5) is 13.2 Å². The zero-order chi connectivity index (χ0) is 16.6. The molecule has 7 heteroatoms. The minimum Gasteiger partial charge on any atom is -0.491 e. The number of hydrogen-bond acceptors (Lipinski definition) is 2. The lowest BCUT2D eigenvalue weighted by Crippen LogP contribution is -2.38. The Morgan fingerprint density at radius 1 is 1.27 bits per heavy atom. The molecule has 0 aromatic heterocycles. The molecule has 0 saturated carbocycles. The van der Waals surface area contributed by atoms with Gasteiger partial charge in [0, 0.05) is 20.1 Å². The first kappa shape index (κ1) is 18.1. The Balaban J connectivity index is 2.46. The number of alkyl halides is 3. The Labute approximate surface area is 128 Å². The van der Waals surface area contributed by atoms with Crippen LogP contribution in [-0.4, -0.2) is 31.8 Å². The molecular weight excluding hydrogens is 295 g/mol. The molecule has 22 heavy (non-hydrogen) atoms. The van der Waals surface area contributed by atoms with Crippen LogP contribution in [0.5, 0.6) is 5.75 Å². The molecule has 4 nitrogen and oxygen atoms in total. The zero-order valence-corrected chi connectivity index (χ0v) is 13.0. The van der Waals surface area contributed by atoms with Crippen molar-refractivity contribution in [3.63, 3.8) is 0 Å². The third kappa shape index (κ3) is 7.75. The Morgan fingerprint density at radius 2 is 2.00 bits per heavy atom. The van der Waals surface area contributed by atoms with Crippen molar-refractivity contribution in [2.75, 3.05) is 13.6 Å². The summed E-state index contributed by atoms with van der Waals surface area (Å²) in [7, 11) is 1.52. The fraction of sp³-hybridized carbons (Fsp3) is 0.533. The molecule has 0 fully saturated rings. The highest BCUT2D eigenvalue weighted by Crippen LogP contribution is 2.18. The van der Waals surface area contributed by atoms with E-state index in [-0.39, 0.29) is 12.6 Å². The summed E-state index contributed by atoms with van der Waals surface area (Å²) in [4.78, 5) is 3.89. The summed E-state index contributed by atoms with van der Waals surface area (Å²) >= 11 is 0. The molecular formula is C15H22F3N3O. The van der Waals surface area contributed by atoms with E-state index in [1.54, 1.807) is 0 Å². The number of rotatable bonds is 6. The van der Waals surface area contributed by atoms with Gasteiger partial charge in [-0.2, -0.15) is 13.2 Å². The second-order valence-electron chi connectivity index (χ2n) is 5.03. The SMILES string of the molecule is CN=C(NCCC(F)(F)F)NCc1cccc(OC(C)C)c1. The monoisotopic (exact) mass is 317 g/mol. The molecule has 0 heterocycles. The molecule has 0 aliphatic heterocycles. The highest BCUT2D eigenvalue weighted by Gasteiger charge is 2.26. The lowest BCUT2D eigenvalue weighted by molar-refractivity contribution is -0.132. The minimum atomic E-state index is -4.17. The first-order valence-corrected chi connectivity index (χ1v) is 7.07. The van der Waals surface area contributed by atoms with Crippen molar-refractivity contribution in [3.05, 3.63) is 29.8 Å². The summed E-state index contributed by atoms with van der Waals surface area (Å²) in [6.45, 7) is 4.12. The van der Waals surface area contributed by atoms with Crippen LogP contribution in [0.3, 0.4) is 0 Å². The Kier molecular flexibility index (Phi) is 7.01. The van der Waals surface area contributed by atoms with E-state index in [1.807, 2.05) is 38.1 Å². The lowest BCUT2D eigenvalue weighted by atomic mass is 10.2. The molecule has 0 aliphatic rings. The number of nitrogens with one attached hydrogen (secondary N) is 2. The minimum absolute atomic E-state index is 0.0833. The molecule has 1 aromatic rings. The summed E-state index contributed by atoms with van der Waals surface area (Å²) in [6.07, 6.45) is -4.99. The fourth-order valence-electron chi connectivity index (χ4n) is 1.73. The van der Waals surface area contributed by atoms with Gasteiger partial charge >= 0.3 is 6.18 Å². The largest absolute Gasteiger partial charge is 0.491 e. The second kappa shape index (κ2) is 8.51. The summed E-state index contributed by atoms with van der Waals surface area (Å²) in [5, 5.41) is 5.60. The second-order valence-corrected chi connectivity index (χ2v) is 5.03. The van der Waals surface area contributed by atoms with Crippen molar-refractivity contribution in [2.45, 2.75) is 39.1 Å². The van der Waals surface area contributed by atoms with Crippen molar-refractivity contribution < 1.29 is 17.9 Å². The van der Waals surface area contributed by atoms with Gasteiger partial charge in [-0.05, 0) is 31.5 Å². The van der Waals surface area contributed by atoms with Crippen molar-refractivity contribution >= 4 is 5.96 Å². The van der Waals surface area contributed by atoms with Gasteiger partial charge in [0.25, 0.3) is 0 Å². The highest BCUT2D eigenvalue weighted by molar-refractivity contribution is 5.79. The van der Waals surface area contributed by atoms with E-state index in [0.717, 1.165) is 11.3 Å². The van der Waals surface area contributed by atoms with E-state index < -0.39 is 12.6 Å². The molecule has 0 saturated heterocycles. The maximum absolute atomic E-state index is 12.1.